The van der Waals surface area contributed by atoms with E-state index in [0.717, 1.165) is 11.5 Å². The molecular formula is C22H31FN4O7P2. The summed E-state index contributed by atoms with van der Waals surface area (Å²) >= 11 is 0. The minimum atomic E-state index is -3.78. The predicted octanol–water partition coefficient (Wildman–Crippen LogP) is 1.73. The third kappa shape index (κ3) is 6.37. The smallest absolute Gasteiger partial charge is 0.351 e. The largest absolute Gasteiger partial charge is 0.468 e. The summed E-state index contributed by atoms with van der Waals surface area (Å²) < 4.78 is 46.6. The van der Waals surface area contributed by atoms with Crippen molar-refractivity contribution in [1.82, 2.24) is 14.6 Å². The van der Waals surface area contributed by atoms with Crippen LogP contribution >= 0.6 is 15.5 Å². The summed E-state index contributed by atoms with van der Waals surface area (Å²) in [7, 11) is -2.96. The van der Waals surface area contributed by atoms with Gasteiger partial charge >= 0.3 is 11.7 Å². The molecule has 11 nitrogen and oxygen atoms in total. The van der Waals surface area contributed by atoms with Gasteiger partial charge in [0.15, 0.2) is 11.9 Å². The van der Waals surface area contributed by atoms with Gasteiger partial charge in [-0.05, 0) is 24.2 Å². The Hall–Kier alpha value is -2.20. The maximum atomic E-state index is 15.5. The van der Waals surface area contributed by atoms with E-state index < -0.39 is 63.9 Å². The number of halogens is 1. The summed E-state index contributed by atoms with van der Waals surface area (Å²) in [6.07, 6.45) is -3.30. The monoisotopic (exact) mass is 544 g/mol. The average molecular weight is 544 g/mol. The van der Waals surface area contributed by atoms with Gasteiger partial charge in [0.05, 0.1) is 13.7 Å². The molecule has 3 rings (SSSR count). The number of aliphatic hydroxyl groups is 1. The molecule has 4 N–H and O–H groups in total. The van der Waals surface area contributed by atoms with Gasteiger partial charge in [0.1, 0.15) is 24.1 Å². The van der Waals surface area contributed by atoms with E-state index in [1.807, 2.05) is 0 Å². The van der Waals surface area contributed by atoms with Crippen LogP contribution in [0.25, 0.3) is 0 Å². The number of ether oxygens (including phenoxy) is 2. The van der Waals surface area contributed by atoms with E-state index in [2.05, 4.69) is 10.1 Å². The second-order valence-corrected chi connectivity index (χ2v) is 13.7. The predicted molar refractivity (Wildman–Crippen MR) is 134 cm³/mol. The number of carbonyl (C=O) groups is 1. The first kappa shape index (κ1) is 28.4. The number of benzene rings is 1. The molecule has 0 aliphatic carbocycles. The minimum absolute atomic E-state index is 0.0468. The number of anilines is 1. The third-order valence-electron chi connectivity index (χ3n) is 5.72. The van der Waals surface area contributed by atoms with E-state index in [9.17, 15) is 19.3 Å². The second-order valence-electron chi connectivity index (χ2n) is 8.86. The number of nitrogen functional groups attached to an aromatic ring is 1. The van der Waals surface area contributed by atoms with Crippen molar-refractivity contribution in [3.05, 3.63) is 53.1 Å². The summed E-state index contributed by atoms with van der Waals surface area (Å²) in [6.45, 7) is 4.11. The van der Waals surface area contributed by atoms with E-state index in [1.165, 1.54) is 19.4 Å². The molecular weight excluding hydrogens is 513 g/mol. The van der Waals surface area contributed by atoms with Crippen LogP contribution in [0.5, 0.6) is 0 Å². The SMILES string of the molecule is COC(=O)[C@@H](NP(=O)(OC[C@H]1O[C@@H](n2ccc(N)nc2=O)[C@](C)(F)[C@@H]1O)Pc1ccccc1)C(C)C. The van der Waals surface area contributed by atoms with Crippen LogP contribution in [0.15, 0.2) is 47.4 Å². The molecule has 1 aliphatic rings. The maximum absolute atomic E-state index is 15.5. The molecule has 2 heterocycles. The van der Waals surface area contributed by atoms with Gasteiger partial charge in [0.25, 0.3) is 7.21 Å². The summed E-state index contributed by atoms with van der Waals surface area (Å²) in [4.78, 5) is 28.1. The van der Waals surface area contributed by atoms with Crippen LogP contribution in [-0.2, 0) is 23.4 Å². The van der Waals surface area contributed by atoms with Crippen LogP contribution in [0.3, 0.4) is 0 Å². The number of nitrogens with zero attached hydrogens (tertiary/aromatic N) is 2. The average Bonchev–Trinajstić information content (AvgIpc) is 3.05. The lowest BCUT2D eigenvalue weighted by Crippen LogP contribution is -2.43. The number of carbonyl (C=O) groups excluding carboxylic acids is 1. The van der Waals surface area contributed by atoms with Crippen molar-refractivity contribution in [1.29, 1.82) is 0 Å². The fraction of sp³-hybridized carbons (Fsp3) is 0.500. The number of esters is 1. The Morgan fingerprint density at radius 1 is 1.39 bits per heavy atom. The summed E-state index contributed by atoms with van der Waals surface area (Å²) in [5.41, 5.74) is 2.25. The quantitative estimate of drug-likeness (QED) is 0.298. The Labute approximate surface area is 209 Å². The number of nitrogens with two attached hydrogens (primary N) is 1. The number of alkyl halides is 1. The highest BCUT2D eigenvalue weighted by Crippen LogP contribution is 2.61. The van der Waals surface area contributed by atoms with Gasteiger partial charge < -0.3 is 24.8 Å². The number of hydrogen-bond acceptors (Lipinski definition) is 9. The van der Waals surface area contributed by atoms with Crippen LogP contribution in [0.1, 0.15) is 27.0 Å². The first-order valence-corrected chi connectivity index (χ1v) is 14.6. The highest BCUT2D eigenvalue weighted by atomic mass is 32.1. The number of rotatable bonds is 10. The van der Waals surface area contributed by atoms with E-state index in [-0.39, 0.29) is 11.7 Å². The number of hydrogen-bond donors (Lipinski definition) is 3. The van der Waals surface area contributed by atoms with Gasteiger partial charge in [-0.2, -0.15) is 4.98 Å². The van der Waals surface area contributed by atoms with E-state index >= 15 is 4.39 Å². The van der Waals surface area contributed by atoms with Crippen LogP contribution in [0.2, 0.25) is 0 Å². The first-order chi connectivity index (χ1) is 16.9. The van der Waals surface area contributed by atoms with Gasteiger partial charge in [-0.15, -0.1) is 0 Å². The van der Waals surface area contributed by atoms with E-state index in [0.29, 0.717) is 5.30 Å². The molecule has 0 amide bonds. The van der Waals surface area contributed by atoms with E-state index in [1.54, 1.807) is 44.2 Å². The van der Waals surface area contributed by atoms with Crippen LogP contribution in [0, 0.1) is 5.92 Å². The molecule has 1 aliphatic heterocycles. The lowest BCUT2D eigenvalue weighted by atomic mass is 9.98. The first-order valence-electron chi connectivity index (χ1n) is 11.2. The van der Waals surface area contributed by atoms with Gasteiger partial charge in [-0.3, -0.25) is 13.9 Å². The Balaban J connectivity index is 1.84. The van der Waals surface area contributed by atoms with Crippen molar-refractivity contribution in [3.63, 3.8) is 0 Å². The fourth-order valence-electron chi connectivity index (χ4n) is 3.70. The van der Waals surface area contributed by atoms with Crippen molar-refractivity contribution in [2.24, 2.45) is 5.92 Å². The van der Waals surface area contributed by atoms with Crippen LogP contribution < -0.4 is 21.8 Å². The highest BCUT2D eigenvalue weighted by Gasteiger charge is 2.55. The summed E-state index contributed by atoms with van der Waals surface area (Å²) in [5, 5.41) is 14.2. The fourth-order valence-corrected chi connectivity index (χ4v) is 8.21. The number of aliphatic hydroxyl groups excluding tert-OH is 1. The van der Waals surface area contributed by atoms with Crippen molar-refractivity contribution in [2.75, 3.05) is 19.5 Å². The number of aromatic nitrogens is 2. The van der Waals surface area contributed by atoms with Gasteiger partial charge in [0, 0.05) is 14.5 Å². The molecule has 7 atom stereocenters. The van der Waals surface area contributed by atoms with Crippen molar-refractivity contribution < 1.29 is 32.9 Å². The van der Waals surface area contributed by atoms with Gasteiger partial charge in [-0.1, -0.05) is 44.2 Å². The topological polar surface area (TPSA) is 155 Å². The van der Waals surface area contributed by atoms with Crippen LogP contribution in [0.4, 0.5) is 10.2 Å². The second kappa shape index (κ2) is 11.5. The lowest BCUT2D eigenvalue weighted by molar-refractivity contribution is -0.143. The van der Waals surface area contributed by atoms with Crippen LogP contribution in [-0.4, -0.2) is 58.3 Å². The Kier molecular flexibility index (Phi) is 9.03. The van der Waals surface area contributed by atoms with Gasteiger partial charge in [0.2, 0.25) is 0 Å². The highest BCUT2D eigenvalue weighted by molar-refractivity contribution is 8.24. The maximum Gasteiger partial charge on any atom is 0.351 e. The summed E-state index contributed by atoms with van der Waals surface area (Å²) in [6, 6.07) is 9.23. The lowest BCUT2D eigenvalue weighted by Gasteiger charge is -2.28. The molecule has 1 fully saturated rings. The number of methoxy groups -OCH3 is 1. The molecule has 198 valence electrons. The van der Waals surface area contributed by atoms with E-state index in [4.69, 9.17) is 19.7 Å². The molecule has 1 aromatic carbocycles. The molecule has 0 saturated carbocycles. The van der Waals surface area contributed by atoms with Crippen molar-refractivity contribution in [3.8, 4) is 0 Å². The molecule has 36 heavy (non-hydrogen) atoms. The molecule has 1 aromatic heterocycles. The zero-order valence-corrected chi connectivity index (χ0v) is 22.2. The standard InChI is InChI=1S/C22H31FN4O7P2/c1-13(2)17(19(29)32-4)26-36(31,35-14-8-6-5-7-9-14)33-12-15-18(28)22(3,23)20(34-15)27-11-10-16(24)25-21(27)30/h5-11,13,15,17-18,20,28,35H,12H2,1-4H3,(H,26,31)(H2,24,25,30)/t15-,17+,18-,20-,22-,36?/m1/s1. The normalized spacial score (nSPS) is 26.8. The number of nitrogens with one attached hydrogen (secondary N) is 1. The molecule has 2 aromatic rings. The zero-order chi connectivity index (χ0) is 26.7. The molecule has 2 unspecified atom stereocenters. The molecule has 0 bridgehead atoms. The molecule has 1 saturated heterocycles. The minimum Gasteiger partial charge on any atom is -0.468 e. The zero-order valence-electron chi connectivity index (χ0n) is 20.3. The van der Waals surface area contributed by atoms with Crippen molar-refractivity contribution in [2.45, 2.75) is 50.9 Å². The summed E-state index contributed by atoms with van der Waals surface area (Å²) in [5.74, 6) is -0.948. The molecule has 14 heteroatoms. The molecule has 0 spiro atoms. The third-order valence-corrected chi connectivity index (χ3v) is 10.2. The Morgan fingerprint density at radius 3 is 2.64 bits per heavy atom. The Bertz CT molecular complexity index is 1160. The molecule has 0 radical (unpaired) electrons. The van der Waals surface area contributed by atoms with Gasteiger partial charge in [-0.25, -0.2) is 14.3 Å². The Morgan fingerprint density at radius 2 is 2.06 bits per heavy atom. The van der Waals surface area contributed by atoms with Crippen molar-refractivity contribution >= 4 is 32.6 Å².